The number of rotatable bonds is 1. The fourth-order valence-electron chi connectivity index (χ4n) is 1.70. The van der Waals surface area contributed by atoms with Crippen molar-refractivity contribution in [1.82, 2.24) is 4.90 Å². The lowest BCUT2D eigenvalue weighted by atomic mass is 10.0. The van der Waals surface area contributed by atoms with Gasteiger partial charge in [0, 0.05) is 13.1 Å². The van der Waals surface area contributed by atoms with Crippen molar-refractivity contribution >= 4 is 11.9 Å². The minimum absolute atomic E-state index is 0.258. The van der Waals surface area contributed by atoms with Gasteiger partial charge in [-0.15, -0.1) is 0 Å². The standard InChI is InChI=1S/C10H17NO3/c1-3-14-10(13)9(12)11-6-4-5-8(2)7-11/h8H,3-7H2,1-2H3. The van der Waals surface area contributed by atoms with Crippen LogP contribution in [0.5, 0.6) is 0 Å². The summed E-state index contributed by atoms with van der Waals surface area (Å²) < 4.78 is 4.66. The van der Waals surface area contributed by atoms with Gasteiger partial charge in [-0.1, -0.05) is 6.92 Å². The molecule has 4 nitrogen and oxygen atoms in total. The number of nitrogens with zero attached hydrogens (tertiary/aromatic N) is 1. The molecular weight excluding hydrogens is 182 g/mol. The number of carbonyl (C=O) groups is 2. The molecule has 1 aliphatic heterocycles. The largest absolute Gasteiger partial charge is 0.459 e. The van der Waals surface area contributed by atoms with Gasteiger partial charge >= 0.3 is 11.9 Å². The van der Waals surface area contributed by atoms with Crippen molar-refractivity contribution < 1.29 is 14.3 Å². The molecule has 1 heterocycles. The van der Waals surface area contributed by atoms with Crippen molar-refractivity contribution in [3.05, 3.63) is 0 Å². The Kier molecular flexibility index (Phi) is 3.92. The van der Waals surface area contributed by atoms with E-state index in [0.29, 0.717) is 19.0 Å². The third-order valence-corrected chi connectivity index (χ3v) is 2.39. The molecule has 4 heteroatoms. The Hall–Kier alpha value is -1.06. The molecule has 0 aromatic carbocycles. The second-order valence-corrected chi connectivity index (χ2v) is 3.72. The van der Waals surface area contributed by atoms with Gasteiger partial charge in [-0.3, -0.25) is 4.79 Å². The summed E-state index contributed by atoms with van der Waals surface area (Å²) in [7, 11) is 0. The van der Waals surface area contributed by atoms with Gasteiger partial charge in [-0.05, 0) is 25.7 Å². The first-order chi connectivity index (χ1) is 6.65. The highest BCUT2D eigenvalue weighted by molar-refractivity contribution is 6.32. The van der Waals surface area contributed by atoms with Crippen molar-refractivity contribution in [3.8, 4) is 0 Å². The maximum absolute atomic E-state index is 11.5. The summed E-state index contributed by atoms with van der Waals surface area (Å²) in [5.74, 6) is -0.720. The second kappa shape index (κ2) is 4.98. The Morgan fingerprint density at radius 2 is 2.21 bits per heavy atom. The van der Waals surface area contributed by atoms with Crippen molar-refractivity contribution in [3.63, 3.8) is 0 Å². The molecule has 1 fully saturated rings. The maximum Gasteiger partial charge on any atom is 0.397 e. The van der Waals surface area contributed by atoms with Gasteiger partial charge in [0.05, 0.1) is 6.61 Å². The summed E-state index contributed by atoms with van der Waals surface area (Å²) in [6.45, 7) is 5.40. The van der Waals surface area contributed by atoms with Crippen LogP contribution in [-0.2, 0) is 14.3 Å². The molecule has 0 saturated carbocycles. The van der Waals surface area contributed by atoms with E-state index in [9.17, 15) is 9.59 Å². The minimum atomic E-state index is -0.721. The topological polar surface area (TPSA) is 46.6 Å². The molecule has 80 valence electrons. The molecule has 0 spiro atoms. The molecule has 0 aliphatic carbocycles. The lowest BCUT2D eigenvalue weighted by molar-refractivity contribution is -0.160. The zero-order valence-corrected chi connectivity index (χ0v) is 8.78. The predicted octanol–water partition coefficient (Wildman–Crippen LogP) is 0.808. The highest BCUT2D eigenvalue weighted by Crippen LogP contribution is 2.15. The molecule has 1 rings (SSSR count). The Morgan fingerprint density at radius 3 is 2.79 bits per heavy atom. The van der Waals surface area contributed by atoms with Crippen molar-refractivity contribution in [2.24, 2.45) is 5.92 Å². The Bertz CT molecular complexity index is 227. The summed E-state index contributed by atoms with van der Waals surface area (Å²) in [5.41, 5.74) is 0. The molecule has 14 heavy (non-hydrogen) atoms. The lowest BCUT2D eigenvalue weighted by Crippen LogP contribution is -2.43. The highest BCUT2D eigenvalue weighted by Gasteiger charge is 2.26. The highest BCUT2D eigenvalue weighted by atomic mass is 16.5. The summed E-state index contributed by atoms with van der Waals surface area (Å²) >= 11 is 0. The quantitative estimate of drug-likeness (QED) is 0.463. The summed E-state index contributed by atoms with van der Waals surface area (Å²) in [6, 6.07) is 0. The first-order valence-corrected chi connectivity index (χ1v) is 5.11. The van der Waals surface area contributed by atoms with Gasteiger partial charge in [0.2, 0.25) is 0 Å². The van der Waals surface area contributed by atoms with Crippen LogP contribution in [0.15, 0.2) is 0 Å². The summed E-state index contributed by atoms with van der Waals surface area (Å²) in [4.78, 5) is 24.2. The van der Waals surface area contributed by atoms with E-state index < -0.39 is 11.9 Å². The van der Waals surface area contributed by atoms with Crippen LogP contribution in [0.1, 0.15) is 26.7 Å². The SMILES string of the molecule is CCOC(=O)C(=O)N1CCCC(C)C1. The van der Waals surface area contributed by atoms with Gasteiger partial charge in [-0.2, -0.15) is 0 Å². The van der Waals surface area contributed by atoms with Crippen LogP contribution in [-0.4, -0.2) is 36.5 Å². The first-order valence-electron chi connectivity index (χ1n) is 5.11. The summed E-state index contributed by atoms with van der Waals surface area (Å²) in [5, 5.41) is 0. The molecular formula is C10H17NO3. The number of amides is 1. The molecule has 0 radical (unpaired) electrons. The van der Waals surface area contributed by atoms with E-state index in [-0.39, 0.29) is 6.61 Å². The van der Waals surface area contributed by atoms with E-state index in [1.54, 1.807) is 11.8 Å². The molecule has 0 N–H and O–H groups in total. The molecule has 1 saturated heterocycles. The number of ether oxygens (including phenoxy) is 1. The van der Waals surface area contributed by atoms with Gasteiger partial charge in [0.25, 0.3) is 0 Å². The van der Waals surface area contributed by atoms with Crippen LogP contribution in [0.4, 0.5) is 0 Å². The van der Waals surface area contributed by atoms with E-state index in [4.69, 9.17) is 0 Å². The van der Waals surface area contributed by atoms with Crippen LogP contribution < -0.4 is 0 Å². The smallest absolute Gasteiger partial charge is 0.397 e. The monoisotopic (exact) mass is 199 g/mol. The number of hydrogen-bond donors (Lipinski definition) is 0. The Labute approximate surface area is 84.2 Å². The third kappa shape index (κ3) is 2.72. The molecule has 1 atom stereocenters. The molecule has 1 amide bonds. The molecule has 1 unspecified atom stereocenters. The van der Waals surface area contributed by atoms with E-state index in [1.165, 1.54) is 0 Å². The molecule has 0 bridgehead atoms. The summed E-state index contributed by atoms with van der Waals surface area (Å²) in [6.07, 6.45) is 2.11. The van der Waals surface area contributed by atoms with E-state index in [0.717, 1.165) is 12.8 Å². The van der Waals surface area contributed by atoms with Gasteiger partial charge in [-0.25, -0.2) is 4.79 Å². The number of hydrogen-bond acceptors (Lipinski definition) is 3. The zero-order chi connectivity index (χ0) is 10.6. The van der Waals surface area contributed by atoms with Crippen LogP contribution >= 0.6 is 0 Å². The minimum Gasteiger partial charge on any atom is -0.459 e. The van der Waals surface area contributed by atoms with Crippen LogP contribution in [0.2, 0.25) is 0 Å². The van der Waals surface area contributed by atoms with Gasteiger partial charge < -0.3 is 9.64 Å². The van der Waals surface area contributed by atoms with E-state index in [1.807, 2.05) is 0 Å². The average molecular weight is 199 g/mol. The van der Waals surface area contributed by atoms with Crippen LogP contribution in [0, 0.1) is 5.92 Å². The average Bonchev–Trinajstić information content (AvgIpc) is 2.17. The molecule has 0 aromatic heterocycles. The van der Waals surface area contributed by atoms with Gasteiger partial charge in [0.15, 0.2) is 0 Å². The van der Waals surface area contributed by atoms with Gasteiger partial charge in [0.1, 0.15) is 0 Å². The van der Waals surface area contributed by atoms with Crippen molar-refractivity contribution in [2.75, 3.05) is 19.7 Å². The van der Waals surface area contributed by atoms with E-state index >= 15 is 0 Å². The maximum atomic E-state index is 11.5. The van der Waals surface area contributed by atoms with Crippen LogP contribution in [0.25, 0.3) is 0 Å². The third-order valence-electron chi connectivity index (χ3n) is 2.39. The fraction of sp³-hybridized carbons (Fsp3) is 0.800. The lowest BCUT2D eigenvalue weighted by Gasteiger charge is -2.29. The zero-order valence-electron chi connectivity index (χ0n) is 8.78. The number of carbonyl (C=O) groups excluding carboxylic acids is 2. The molecule has 1 aliphatic rings. The number of piperidine rings is 1. The molecule has 0 aromatic rings. The Balaban J connectivity index is 2.47. The fourth-order valence-corrected chi connectivity index (χ4v) is 1.70. The predicted molar refractivity (Wildman–Crippen MR) is 51.6 cm³/mol. The second-order valence-electron chi connectivity index (χ2n) is 3.72. The number of esters is 1. The number of likely N-dealkylation sites (tertiary alicyclic amines) is 1. The first kappa shape index (κ1) is 11.0. The van der Waals surface area contributed by atoms with Crippen LogP contribution in [0.3, 0.4) is 0 Å². The van der Waals surface area contributed by atoms with Crippen molar-refractivity contribution in [1.29, 1.82) is 0 Å². The van der Waals surface area contributed by atoms with Crippen molar-refractivity contribution in [2.45, 2.75) is 26.7 Å². The normalized spacial score (nSPS) is 21.9. The Morgan fingerprint density at radius 1 is 1.50 bits per heavy atom. The van der Waals surface area contributed by atoms with E-state index in [2.05, 4.69) is 11.7 Å².